The standard InChI is InChI=1S/C7H14N2O/c1-3-7(6-8)4-5-9-10-2/h3-5,9H,6,8H2,1-2H3/p+1/b5-4-,7-3+. The van der Waals surface area contributed by atoms with Crippen LogP contribution in [0.15, 0.2) is 23.9 Å². The fourth-order valence-corrected chi connectivity index (χ4v) is 0.524. The van der Waals surface area contributed by atoms with Crippen LogP contribution >= 0.6 is 0 Å². The summed E-state index contributed by atoms with van der Waals surface area (Å²) in [5.74, 6) is 0. The molecule has 0 aliphatic rings. The van der Waals surface area contributed by atoms with E-state index in [4.69, 9.17) is 10.6 Å². The Morgan fingerprint density at radius 2 is 2.40 bits per heavy atom. The highest BCUT2D eigenvalue weighted by Crippen LogP contribution is 1.89. The van der Waals surface area contributed by atoms with Crippen LogP contribution in [0, 0.1) is 0 Å². The van der Waals surface area contributed by atoms with Gasteiger partial charge in [0.15, 0.2) is 0 Å². The van der Waals surface area contributed by atoms with E-state index in [2.05, 4.69) is 0 Å². The molecule has 58 valence electrons. The maximum absolute atomic E-state index is 5.39. The topological polar surface area (TPSA) is 51.9 Å². The minimum atomic E-state index is 0.574. The van der Waals surface area contributed by atoms with Crippen molar-refractivity contribution in [1.82, 2.24) is 0 Å². The third kappa shape index (κ3) is 4.26. The number of quaternary nitrogens is 1. The van der Waals surface area contributed by atoms with Gasteiger partial charge in [0.25, 0.3) is 0 Å². The molecule has 0 aromatic carbocycles. The molecule has 0 rings (SSSR count). The Morgan fingerprint density at radius 3 is 2.80 bits per heavy atom. The Bertz CT molecular complexity index is 130. The number of rotatable bonds is 4. The Hall–Kier alpha value is -0.640. The predicted molar refractivity (Wildman–Crippen MR) is 40.9 cm³/mol. The summed E-state index contributed by atoms with van der Waals surface area (Å²) in [6.07, 6.45) is 5.71. The second-order valence-corrected chi connectivity index (χ2v) is 1.80. The van der Waals surface area contributed by atoms with Gasteiger partial charge < -0.3 is 5.73 Å². The smallest absolute Gasteiger partial charge is 0.125 e. The molecule has 3 nitrogen and oxygen atoms in total. The van der Waals surface area contributed by atoms with Gasteiger partial charge in [-0.1, -0.05) is 6.08 Å². The molecule has 0 aromatic rings. The normalized spacial score (nSPS) is 12.9. The van der Waals surface area contributed by atoms with Gasteiger partial charge in [0.1, 0.15) is 6.20 Å². The molecule has 0 saturated carbocycles. The van der Waals surface area contributed by atoms with Gasteiger partial charge in [0, 0.05) is 6.54 Å². The summed E-state index contributed by atoms with van der Waals surface area (Å²) in [4.78, 5) is 4.70. The largest absolute Gasteiger partial charge is 0.327 e. The maximum Gasteiger partial charge on any atom is 0.125 e. The van der Waals surface area contributed by atoms with Gasteiger partial charge in [0.05, 0.1) is 7.11 Å². The Kier molecular flexibility index (Phi) is 6.06. The highest BCUT2D eigenvalue weighted by molar-refractivity contribution is 5.16. The van der Waals surface area contributed by atoms with Crippen LogP contribution in [0.4, 0.5) is 0 Å². The van der Waals surface area contributed by atoms with Crippen LogP contribution in [0.3, 0.4) is 0 Å². The van der Waals surface area contributed by atoms with Crippen molar-refractivity contribution in [2.24, 2.45) is 5.73 Å². The van der Waals surface area contributed by atoms with Gasteiger partial charge in [-0.2, -0.15) is 5.48 Å². The van der Waals surface area contributed by atoms with Crippen LogP contribution in [-0.4, -0.2) is 13.7 Å². The third-order valence-corrected chi connectivity index (χ3v) is 1.13. The van der Waals surface area contributed by atoms with Crippen LogP contribution in [0.2, 0.25) is 0 Å². The van der Waals surface area contributed by atoms with E-state index in [9.17, 15) is 0 Å². The first kappa shape index (κ1) is 9.36. The summed E-state index contributed by atoms with van der Waals surface area (Å²) in [7, 11) is 1.61. The monoisotopic (exact) mass is 143 g/mol. The molecule has 4 N–H and O–H groups in total. The molecule has 10 heavy (non-hydrogen) atoms. The summed E-state index contributed by atoms with van der Waals surface area (Å²) < 4.78 is 0. The van der Waals surface area contributed by atoms with E-state index in [-0.39, 0.29) is 0 Å². The van der Waals surface area contributed by atoms with E-state index in [0.29, 0.717) is 6.54 Å². The van der Waals surface area contributed by atoms with Crippen molar-refractivity contribution < 1.29 is 10.3 Å². The molecule has 0 fully saturated rings. The first-order chi connectivity index (χ1) is 4.85. The van der Waals surface area contributed by atoms with Crippen LogP contribution in [0.25, 0.3) is 0 Å². The van der Waals surface area contributed by atoms with Gasteiger partial charge in [-0.3, -0.25) is 0 Å². The summed E-state index contributed by atoms with van der Waals surface area (Å²) in [5.41, 5.74) is 8.11. The molecule has 0 amide bonds. The number of hydrogen-bond acceptors (Lipinski definition) is 2. The fourth-order valence-electron chi connectivity index (χ4n) is 0.524. The van der Waals surface area contributed by atoms with Crippen molar-refractivity contribution in [2.45, 2.75) is 6.92 Å². The van der Waals surface area contributed by atoms with E-state index < -0.39 is 0 Å². The third-order valence-electron chi connectivity index (χ3n) is 1.13. The molecule has 0 heterocycles. The minimum Gasteiger partial charge on any atom is -0.327 e. The van der Waals surface area contributed by atoms with Crippen LogP contribution < -0.4 is 11.2 Å². The molecule has 0 atom stereocenters. The van der Waals surface area contributed by atoms with Gasteiger partial charge in [-0.05, 0) is 18.6 Å². The lowest BCUT2D eigenvalue weighted by molar-refractivity contribution is -0.842. The van der Waals surface area contributed by atoms with Crippen molar-refractivity contribution in [1.29, 1.82) is 0 Å². The van der Waals surface area contributed by atoms with E-state index in [1.807, 2.05) is 25.3 Å². The van der Waals surface area contributed by atoms with Crippen molar-refractivity contribution in [3.05, 3.63) is 23.9 Å². The summed E-state index contributed by atoms with van der Waals surface area (Å²) in [6.45, 7) is 2.53. The van der Waals surface area contributed by atoms with Gasteiger partial charge in [-0.15, -0.1) is 0 Å². The first-order valence-corrected chi connectivity index (χ1v) is 3.23. The SMILES string of the molecule is C/C=C(\C=C/[NH2+]OC)CN. The quantitative estimate of drug-likeness (QED) is 0.413. The Balaban J connectivity index is 3.63. The lowest BCUT2D eigenvalue weighted by atomic mass is 10.2. The Labute approximate surface area is 61.5 Å². The second-order valence-electron chi connectivity index (χ2n) is 1.80. The molecular weight excluding hydrogens is 128 g/mol. The zero-order valence-electron chi connectivity index (χ0n) is 6.50. The number of hydroxylamine groups is 1. The molecule has 0 bridgehead atoms. The van der Waals surface area contributed by atoms with E-state index >= 15 is 0 Å². The number of nitrogens with two attached hydrogens (primary N) is 2. The number of hydrogen-bond donors (Lipinski definition) is 2. The van der Waals surface area contributed by atoms with Crippen LogP contribution in [-0.2, 0) is 4.84 Å². The highest BCUT2D eigenvalue weighted by atomic mass is 16.6. The lowest BCUT2D eigenvalue weighted by Gasteiger charge is -1.91. The molecule has 0 saturated heterocycles. The molecular formula is C7H15N2O+. The molecule has 0 aliphatic heterocycles. The van der Waals surface area contributed by atoms with Crippen molar-refractivity contribution >= 4 is 0 Å². The van der Waals surface area contributed by atoms with E-state index in [0.717, 1.165) is 5.57 Å². The van der Waals surface area contributed by atoms with Crippen LogP contribution in [0.1, 0.15) is 6.92 Å². The summed E-state index contributed by atoms with van der Waals surface area (Å²) in [5, 5.41) is 0. The van der Waals surface area contributed by atoms with Gasteiger partial charge in [-0.25, -0.2) is 4.84 Å². The van der Waals surface area contributed by atoms with Gasteiger partial charge in [0.2, 0.25) is 0 Å². The molecule has 3 heteroatoms. The highest BCUT2D eigenvalue weighted by Gasteiger charge is 1.84. The second kappa shape index (κ2) is 6.48. The summed E-state index contributed by atoms with van der Waals surface area (Å²) >= 11 is 0. The zero-order valence-corrected chi connectivity index (χ0v) is 6.50. The first-order valence-electron chi connectivity index (χ1n) is 3.23. The van der Waals surface area contributed by atoms with Crippen molar-refractivity contribution in [3.8, 4) is 0 Å². The lowest BCUT2D eigenvalue weighted by Crippen LogP contribution is -2.75. The van der Waals surface area contributed by atoms with E-state index in [1.54, 1.807) is 12.6 Å². The predicted octanol–water partition coefficient (Wildman–Crippen LogP) is -0.470. The average molecular weight is 143 g/mol. The number of allylic oxidation sites excluding steroid dienone is 1. The molecule has 0 aromatic heterocycles. The Morgan fingerprint density at radius 1 is 1.70 bits per heavy atom. The van der Waals surface area contributed by atoms with Gasteiger partial charge >= 0.3 is 0 Å². The maximum atomic E-state index is 5.39. The molecule has 0 spiro atoms. The fraction of sp³-hybridized carbons (Fsp3) is 0.429. The van der Waals surface area contributed by atoms with Crippen molar-refractivity contribution in [2.75, 3.05) is 13.7 Å². The zero-order chi connectivity index (χ0) is 7.82. The minimum absolute atomic E-state index is 0.574. The average Bonchev–Trinajstić information content (AvgIpc) is 1.99. The molecule has 0 aliphatic carbocycles. The molecule has 0 unspecified atom stereocenters. The van der Waals surface area contributed by atoms with Crippen LogP contribution in [0.5, 0.6) is 0 Å². The van der Waals surface area contributed by atoms with Crippen molar-refractivity contribution in [3.63, 3.8) is 0 Å². The molecule has 0 radical (unpaired) electrons. The van der Waals surface area contributed by atoms with E-state index in [1.165, 1.54) is 0 Å². The summed E-state index contributed by atoms with van der Waals surface area (Å²) in [6, 6.07) is 0.